The summed E-state index contributed by atoms with van der Waals surface area (Å²) in [6, 6.07) is 4.50. The average molecular weight is 399 g/mol. The summed E-state index contributed by atoms with van der Waals surface area (Å²) in [6.45, 7) is 0. The van der Waals surface area contributed by atoms with E-state index < -0.39 is 35.0 Å². The number of carbonyl (C=O) groups excluding carboxylic acids is 1. The number of nitrogens with zero attached hydrogens (tertiary/aromatic N) is 4. The molecule has 1 aromatic carbocycles. The highest BCUT2D eigenvalue weighted by atomic mass is 19.4. The summed E-state index contributed by atoms with van der Waals surface area (Å²) in [4.78, 5) is 12.3. The Kier molecular flexibility index (Phi) is 4.94. The highest BCUT2D eigenvalue weighted by molar-refractivity contribution is 6.05. The number of carbonyl (C=O) groups is 1. The molecule has 7 nitrogen and oxygen atoms in total. The quantitative estimate of drug-likeness (QED) is 0.682. The van der Waals surface area contributed by atoms with Crippen LogP contribution in [0.25, 0.3) is 5.82 Å². The smallest absolute Gasteiger partial charge is 0.434 e. The van der Waals surface area contributed by atoms with Gasteiger partial charge in [0.25, 0.3) is 5.91 Å². The number of anilines is 1. The van der Waals surface area contributed by atoms with Crippen LogP contribution in [0, 0.1) is 11.6 Å². The topological polar surface area (TPSA) is 81.9 Å². The molecule has 0 aliphatic rings. The van der Waals surface area contributed by atoms with Gasteiger partial charge in [0.2, 0.25) is 5.88 Å². The average Bonchev–Trinajstić information content (AvgIpc) is 3.06. The number of amides is 1. The van der Waals surface area contributed by atoms with Gasteiger partial charge in [-0.3, -0.25) is 4.79 Å². The van der Waals surface area contributed by atoms with Gasteiger partial charge >= 0.3 is 6.18 Å². The third-order valence-corrected chi connectivity index (χ3v) is 3.45. The fourth-order valence-electron chi connectivity index (χ4n) is 2.32. The lowest BCUT2D eigenvalue weighted by Crippen LogP contribution is -2.21. The molecule has 1 amide bonds. The van der Waals surface area contributed by atoms with Crippen LogP contribution in [0.15, 0.2) is 36.5 Å². The molecule has 0 unspecified atom stereocenters. The number of aromatic nitrogens is 4. The molecule has 146 valence electrons. The molecule has 0 saturated heterocycles. The molecule has 3 rings (SSSR count). The molecule has 2 aromatic heterocycles. The minimum Gasteiger partial charge on any atom is -0.480 e. The number of benzene rings is 1. The number of nitrogens with one attached hydrogen (secondary N) is 1. The van der Waals surface area contributed by atoms with Gasteiger partial charge in [0.15, 0.2) is 11.5 Å². The minimum atomic E-state index is -4.99. The van der Waals surface area contributed by atoms with E-state index in [0.29, 0.717) is 16.9 Å². The van der Waals surface area contributed by atoms with E-state index in [0.717, 1.165) is 18.2 Å². The Morgan fingerprint density at radius 1 is 1.11 bits per heavy atom. The molecule has 28 heavy (non-hydrogen) atoms. The zero-order valence-electron chi connectivity index (χ0n) is 14.0. The SMILES string of the molecule is COc1ccc(-n2ncc(C(=O)Nc3cc(F)cc(F)c3)c2C(F)(F)F)nn1. The van der Waals surface area contributed by atoms with Gasteiger partial charge in [-0.25, -0.2) is 13.5 Å². The third kappa shape index (κ3) is 3.89. The van der Waals surface area contributed by atoms with E-state index in [-0.39, 0.29) is 17.4 Å². The van der Waals surface area contributed by atoms with E-state index in [9.17, 15) is 26.7 Å². The lowest BCUT2D eigenvalue weighted by atomic mass is 10.2. The van der Waals surface area contributed by atoms with Gasteiger partial charge in [0, 0.05) is 17.8 Å². The maximum atomic E-state index is 13.6. The molecule has 0 bridgehead atoms. The molecule has 12 heteroatoms. The van der Waals surface area contributed by atoms with Crippen LogP contribution in [-0.4, -0.2) is 33.0 Å². The summed E-state index contributed by atoms with van der Waals surface area (Å²) >= 11 is 0. The van der Waals surface area contributed by atoms with Crippen molar-refractivity contribution in [3.63, 3.8) is 0 Å². The Balaban J connectivity index is 2.01. The minimum absolute atomic E-state index is 0.0653. The molecule has 0 aliphatic carbocycles. The van der Waals surface area contributed by atoms with Crippen LogP contribution in [0.2, 0.25) is 0 Å². The predicted molar refractivity (Wildman–Crippen MR) is 85.0 cm³/mol. The summed E-state index contributed by atoms with van der Waals surface area (Å²) in [5, 5.41) is 12.7. The number of alkyl halides is 3. The Hall–Kier alpha value is -3.57. The second-order valence-electron chi connectivity index (χ2n) is 5.36. The predicted octanol–water partition coefficient (Wildman–Crippen LogP) is 3.22. The van der Waals surface area contributed by atoms with Crippen molar-refractivity contribution in [2.24, 2.45) is 0 Å². The van der Waals surface area contributed by atoms with E-state index in [1.165, 1.54) is 13.2 Å². The summed E-state index contributed by atoms with van der Waals surface area (Å²) < 4.78 is 72.3. The molecule has 0 radical (unpaired) electrons. The fraction of sp³-hybridized carbons (Fsp3) is 0.125. The normalized spacial score (nSPS) is 11.4. The van der Waals surface area contributed by atoms with Crippen molar-refractivity contribution in [3.05, 3.63) is 59.4 Å². The first-order valence-corrected chi connectivity index (χ1v) is 7.50. The number of hydrogen-bond donors (Lipinski definition) is 1. The summed E-state index contributed by atoms with van der Waals surface area (Å²) in [7, 11) is 1.30. The first-order valence-electron chi connectivity index (χ1n) is 7.50. The molecule has 3 aromatic rings. The van der Waals surface area contributed by atoms with Crippen LogP contribution in [0.3, 0.4) is 0 Å². The molecule has 2 heterocycles. The Labute approximate surface area is 153 Å². The molecule has 0 aliphatic heterocycles. The van der Waals surface area contributed by atoms with E-state index >= 15 is 0 Å². The lowest BCUT2D eigenvalue weighted by molar-refractivity contribution is -0.143. The van der Waals surface area contributed by atoms with Crippen LogP contribution in [0.5, 0.6) is 5.88 Å². The number of methoxy groups -OCH3 is 1. The van der Waals surface area contributed by atoms with Gasteiger partial charge in [-0.15, -0.1) is 10.2 Å². The van der Waals surface area contributed by atoms with Crippen LogP contribution in [0.4, 0.5) is 27.6 Å². The van der Waals surface area contributed by atoms with Gasteiger partial charge in [-0.1, -0.05) is 0 Å². The monoisotopic (exact) mass is 399 g/mol. The van der Waals surface area contributed by atoms with Crippen molar-refractivity contribution >= 4 is 11.6 Å². The maximum Gasteiger partial charge on any atom is 0.434 e. The van der Waals surface area contributed by atoms with E-state index in [4.69, 9.17) is 4.74 Å². The lowest BCUT2D eigenvalue weighted by Gasteiger charge is -2.12. The Bertz CT molecular complexity index is 997. The van der Waals surface area contributed by atoms with Crippen molar-refractivity contribution in [3.8, 4) is 11.7 Å². The fourth-order valence-corrected chi connectivity index (χ4v) is 2.32. The first kappa shape index (κ1) is 19.2. The van der Waals surface area contributed by atoms with Crippen LogP contribution < -0.4 is 10.1 Å². The second kappa shape index (κ2) is 7.21. The van der Waals surface area contributed by atoms with Crippen molar-refractivity contribution in [1.82, 2.24) is 20.0 Å². The molecule has 0 fully saturated rings. The van der Waals surface area contributed by atoms with Gasteiger partial charge in [-0.05, 0) is 18.2 Å². The van der Waals surface area contributed by atoms with Crippen LogP contribution in [-0.2, 0) is 6.18 Å². The molecule has 0 saturated carbocycles. The summed E-state index contributed by atoms with van der Waals surface area (Å²) in [5.74, 6) is -3.52. The zero-order chi connectivity index (χ0) is 20.5. The van der Waals surface area contributed by atoms with Gasteiger partial charge in [-0.2, -0.15) is 18.3 Å². The summed E-state index contributed by atoms with van der Waals surface area (Å²) in [5.41, 5.74) is -2.65. The van der Waals surface area contributed by atoms with E-state index in [1.54, 1.807) is 0 Å². The number of rotatable bonds is 4. The van der Waals surface area contributed by atoms with Crippen molar-refractivity contribution < 1.29 is 31.5 Å². The molecule has 1 N–H and O–H groups in total. The zero-order valence-corrected chi connectivity index (χ0v) is 14.0. The highest BCUT2D eigenvalue weighted by Crippen LogP contribution is 2.33. The number of hydrogen-bond acceptors (Lipinski definition) is 5. The largest absolute Gasteiger partial charge is 0.480 e. The van der Waals surface area contributed by atoms with Gasteiger partial charge in [0.1, 0.15) is 11.6 Å². The Morgan fingerprint density at radius 2 is 1.79 bits per heavy atom. The first-order chi connectivity index (χ1) is 13.2. The molecular formula is C16H10F5N5O2. The highest BCUT2D eigenvalue weighted by Gasteiger charge is 2.41. The van der Waals surface area contributed by atoms with Crippen LogP contribution in [0.1, 0.15) is 16.1 Å². The number of ether oxygens (including phenoxy) is 1. The third-order valence-electron chi connectivity index (χ3n) is 3.45. The maximum absolute atomic E-state index is 13.6. The second-order valence-corrected chi connectivity index (χ2v) is 5.36. The van der Waals surface area contributed by atoms with Crippen molar-refractivity contribution in [2.75, 3.05) is 12.4 Å². The standard InChI is InChI=1S/C16H10F5N5O2/c1-28-13-3-2-12(24-25-13)26-14(16(19,20)21)11(7-22-26)15(27)23-10-5-8(17)4-9(18)6-10/h2-7H,1H3,(H,23,27). The van der Waals surface area contributed by atoms with Gasteiger partial charge < -0.3 is 10.1 Å². The number of halogens is 5. The van der Waals surface area contributed by atoms with Crippen molar-refractivity contribution in [1.29, 1.82) is 0 Å². The Morgan fingerprint density at radius 3 is 2.32 bits per heavy atom. The van der Waals surface area contributed by atoms with E-state index in [1.807, 2.05) is 5.32 Å². The van der Waals surface area contributed by atoms with Gasteiger partial charge in [0.05, 0.1) is 18.9 Å². The van der Waals surface area contributed by atoms with Crippen LogP contribution >= 0.6 is 0 Å². The van der Waals surface area contributed by atoms with Crippen molar-refractivity contribution in [2.45, 2.75) is 6.18 Å². The molecular weight excluding hydrogens is 389 g/mol. The van der Waals surface area contributed by atoms with E-state index in [2.05, 4.69) is 15.3 Å². The molecule has 0 spiro atoms. The molecule has 0 atom stereocenters. The summed E-state index contributed by atoms with van der Waals surface area (Å²) in [6.07, 6.45) is -4.32.